The molecule has 1 heterocycles. The number of thiazole rings is 1. The highest BCUT2D eigenvalue weighted by atomic mass is 79.9. The summed E-state index contributed by atoms with van der Waals surface area (Å²) in [5.74, 6) is 0. The Morgan fingerprint density at radius 3 is 2.29 bits per heavy atom. The first-order valence-electron chi connectivity index (χ1n) is 5.17. The van der Waals surface area contributed by atoms with Gasteiger partial charge in [-0.3, -0.25) is 0 Å². The highest BCUT2D eigenvalue weighted by Gasteiger charge is 2.14. The fourth-order valence-corrected chi connectivity index (χ4v) is 3.55. The van der Waals surface area contributed by atoms with E-state index in [2.05, 4.69) is 59.9 Å². The normalized spacial score (nSPS) is 10.3. The van der Waals surface area contributed by atoms with E-state index in [1.54, 1.807) is 0 Å². The summed E-state index contributed by atoms with van der Waals surface area (Å²) >= 11 is 4.74. The molecule has 0 amide bonds. The van der Waals surface area contributed by atoms with Crippen LogP contribution in [0.25, 0.3) is 10.6 Å². The molecule has 1 aromatic carbocycles. The third kappa shape index (κ3) is 2.26. The Morgan fingerprint density at radius 2 is 1.82 bits per heavy atom. The van der Waals surface area contributed by atoms with Crippen LogP contribution in [0.4, 0.5) is 0 Å². The van der Waals surface area contributed by atoms with Gasteiger partial charge in [0.05, 0.1) is 0 Å². The molecule has 0 saturated carbocycles. The topological polar surface area (TPSA) is 36.7 Å². The van der Waals surface area contributed by atoms with Crippen LogP contribution >= 0.6 is 27.3 Å². The van der Waals surface area contributed by atoms with Gasteiger partial charge in [0.25, 0.3) is 0 Å². The zero-order chi connectivity index (χ0) is 12.6. The van der Waals surface area contributed by atoms with Crippen molar-refractivity contribution >= 4 is 27.3 Å². The first-order valence-corrected chi connectivity index (χ1v) is 6.78. The van der Waals surface area contributed by atoms with Crippen LogP contribution in [-0.4, -0.2) is 4.98 Å². The van der Waals surface area contributed by atoms with Crippen LogP contribution in [0.2, 0.25) is 0 Å². The predicted molar refractivity (Wildman–Crippen MR) is 74.2 cm³/mol. The van der Waals surface area contributed by atoms with Crippen molar-refractivity contribution in [1.29, 1.82) is 5.26 Å². The van der Waals surface area contributed by atoms with E-state index in [4.69, 9.17) is 5.26 Å². The average molecular weight is 307 g/mol. The number of hydrogen-bond acceptors (Lipinski definition) is 3. The number of aromatic nitrogens is 1. The third-order valence-corrected chi connectivity index (χ3v) is 4.39. The lowest BCUT2D eigenvalue weighted by Crippen LogP contribution is -1.89. The lowest BCUT2D eigenvalue weighted by molar-refractivity contribution is 1.28. The van der Waals surface area contributed by atoms with Gasteiger partial charge in [0, 0.05) is 5.56 Å². The van der Waals surface area contributed by atoms with Crippen molar-refractivity contribution in [3.8, 4) is 16.6 Å². The average Bonchev–Trinajstić information content (AvgIpc) is 2.57. The Balaban J connectivity index is 2.65. The van der Waals surface area contributed by atoms with Crippen LogP contribution < -0.4 is 0 Å². The van der Waals surface area contributed by atoms with Crippen LogP contribution in [0.15, 0.2) is 16.7 Å². The monoisotopic (exact) mass is 306 g/mol. The van der Waals surface area contributed by atoms with Crippen molar-refractivity contribution in [3.63, 3.8) is 0 Å². The second-order valence-corrected chi connectivity index (χ2v) is 5.77. The Bertz CT molecular complexity index is 600. The van der Waals surface area contributed by atoms with E-state index in [-0.39, 0.29) is 0 Å². The molecule has 0 aliphatic heterocycles. The molecule has 0 unspecified atom stereocenters. The van der Waals surface area contributed by atoms with Crippen LogP contribution in [0.5, 0.6) is 0 Å². The maximum Gasteiger partial charge on any atom is 0.139 e. The predicted octanol–water partition coefficient (Wildman–Crippen LogP) is 4.37. The summed E-state index contributed by atoms with van der Waals surface area (Å²) in [6.07, 6.45) is 0. The number of nitriles is 1. The van der Waals surface area contributed by atoms with E-state index in [9.17, 15) is 0 Å². The number of halogens is 1. The van der Waals surface area contributed by atoms with Crippen molar-refractivity contribution in [1.82, 2.24) is 4.98 Å². The molecule has 1 aromatic heterocycles. The zero-order valence-corrected chi connectivity index (χ0v) is 12.2. The molecular weight excluding hydrogens is 296 g/mol. The van der Waals surface area contributed by atoms with Crippen LogP contribution in [0.3, 0.4) is 0 Å². The molecule has 0 bridgehead atoms. The lowest BCUT2D eigenvalue weighted by atomic mass is 10.0. The van der Waals surface area contributed by atoms with E-state index >= 15 is 0 Å². The van der Waals surface area contributed by atoms with E-state index in [1.165, 1.54) is 28.0 Å². The maximum atomic E-state index is 8.95. The quantitative estimate of drug-likeness (QED) is 0.784. The summed E-state index contributed by atoms with van der Waals surface area (Å²) in [6, 6.07) is 6.43. The van der Waals surface area contributed by atoms with Crippen molar-refractivity contribution in [3.05, 3.63) is 38.3 Å². The molecule has 0 N–H and O–H groups in total. The van der Waals surface area contributed by atoms with Gasteiger partial charge in [0.1, 0.15) is 20.6 Å². The molecule has 2 rings (SSSR count). The molecular formula is C13H11BrN2S. The van der Waals surface area contributed by atoms with Gasteiger partial charge in [-0.1, -0.05) is 17.7 Å². The Morgan fingerprint density at radius 1 is 1.24 bits per heavy atom. The summed E-state index contributed by atoms with van der Waals surface area (Å²) in [4.78, 5) is 5.04. The van der Waals surface area contributed by atoms with E-state index in [1.807, 2.05) is 0 Å². The Kier molecular flexibility index (Phi) is 3.32. The molecule has 0 fully saturated rings. The standard InChI is InChI=1S/C13H11BrN2S/c1-7-4-8(2)11(9(3)5-7)13-16-12(14)10(6-15)17-13/h4-5H,1-3H3. The second-order valence-electron chi connectivity index (χ2n) is 4.02. The Labute approximate surface area is 113 Å². The molecule has 0 spiro atoms. The number of benzene rings is 1. The molecule has 4 heteroatoms. The molecule has 0 atom stereocenters. The third-order valence-electron chi connectivity index (χ3n) is 2.58. The van der Waals surface area contributed by atoms with E-state index in [0.29, 0.717) is 9.48 Å². The van der Waals surface area contributed by atoms with E-state index < -0.39 is 0 Å². The second kappa shape index (κ2) is 4.59. The van der Waals surface area contributed by atoms with Gasteiger partial charge >= 0.3 is 0 Å². The first kappa shape index (κ1) is 12.3. The highest BCUT2D eigenvalue weighted by Crippen LogP contribution is 2.34. The number of hydrogen-bond donors (Lipinski definition) is 0. The van der Waals surface area contributed by atoms with Crippen molar-refractivity contribution < 1.29 is 0 Å². The van der Waals surface area contributed by atoms with E-state index in [0.717, 1.165) is 10.6 Å². The van der Waals surface area contributed by atoms with Crippen LogP contribution in [-0.2, 0) is 0 Å². The number of nitrogens with zero attached hydrogens (tertiary/aromatic N) is 2. The molecule has 0 aliphatic carbocycles. The van der Waals surface area contributed by atoms with Crippen molar-refractivity contribution in [2.24, 2.45) is 0 Å². The summed E-state index contributed by atoms with van der Waals surface area (Å²) in [6.45, 7) is 6.25. The number of rotatable bonds is 1. The fourth-order valence-electron chi connectivity index (χ4n) is 1.99. The summed E-state index contributed by atoms with van der Waals surface area (Å²) in [7, 11) is 0. The van der Waals surface area contributed by atoms with Gasteiger partial charge in [-0.05, 0) is 47.8 Å². The largest absolute Gasteiger partial charge is 0.228 e. The minimum atomic E-state index is 0.624. The summed E-state index contributed by atoms with van der Waals surface area (Å²) < 4.78 is 0.638. The fraction of sp³-hybridized carbons (Fsp3) is 0.231. The minimum absolute atomic E-state index is 0.624. The van der Waals surface area contributed by atoms with Gasteiger partial charge < -0.3 is 0 Å². The minimum Gasteiger partial charge on any atom is -0.228 e. The Hall–Kier alpha value is -1.18. The smallest absolute Gasteiger partial charge is 0.139 e. The summed E-state index contributed by atoms with van der Waals surface area (Å²) in [5.41, 5.74) is 4.80. The molecule has 0 aliphatic rings. The first-order chi connectivity index (χ1) is 8.02. The van der Waals surface area contributed by atoms with Gasteiger partial charge in [0.2, 0.25) is 0 Å². The molecule has 86 valence electrons. The lowest BCUT2D eigenvalue weighted by Gasteiger charge is -2.08. The van der Waals surface area contributed by atoms with Crippen LogP contribution in [0.1, 0.15) is 21.6 Å². The molecule has 2 nitrogen and oxygen atoms in total. The molecule has 17 heavy (non-hydrogen) atoms. The van der Waals surface area contributed by atoms with Gasteiger partial charge in [0.15, 0.2) is 0 Å². The zero-order valence-electron chi connectivity index (χ0n) is 9.84. The van der Waals surface area contributed by atoms with Gasteiger partial charge in [-0.15, -0.1) is 11.3 Å². The SMILES string of the molecule is Cc1cc(C)c(-c2nc(Br)c(C#N)s2)c(C)c1. The highest BCUT2D eigenvalue weighted by molar-refractivity contribution is 9.10. The van der Waals surface area contributed by atoms with Crippen LogP contribution in [0, 0.1) is 32.1 Å². The maximum absolute atomic E-state index is 8.95. The molecule has 0 radical (unpaired) electrons. The molecule has 2 aromatic rings. The van der Waals surface area contributed by atoms with Gasteiger partial charge in [-0.2, -0.15) is 5.26 Å². The van der Waals surface area contributed by atoms with Crippen molar-refractivity contribution in [2.45, 2.75) is 20.8 Å². The van der Waals surface area contributed by atoms with Crippen molar-refractivity contribution in [2.75, 3.05) is 0 Å². The van der Waals surface area contributed by atoms with Gasteiger partial charge in [-0.25, -0.2) is 4.98 Å². The number of aryl methyl sites for hydroxylation is 3. The summed E-state index contributed by atoms with van der Waals surface area (Å²) in [5, 5.41) is 9.86. The molecule has 0 saturated heterocycles.